The average molecular weight is 361 g/mol. The molecule has 1 aromatic heterocycles. The number of imide groups is 1. The third kappa shape index (κ3) is 2.97. The minimum absolute atomic E-state index is 0.257. The summed E-state index contributed by atoms with van der Waals surface area (Å²) in [7, 11) is 1.42. The standard InChI is InChI=1S/C19H15N5O3/c1-23-18(26)15-7-4-13(8-16(15)19(23)27)17(25)21-9-12-2-5-14(6-3-12)24-11-20-10-22-24/h2-8,10-11H,9H2,1H3,(H,21,25). The average Bonchev–Trinajstić information content (AvgIpc) is 3.31. The number of amides is 3. The molecule has 27 heavy (non-hydrogen) atoms. The number of hydrogen-bond acceptors (Lipinski definition) is 5. The molecule has 0 aliphatic carbocycles. The van der Waals surface area contributed by atoms with Gasteiger partial charge in [-0.25, -0.2) is 9.67 Å². The van der Waals surface area contributed by atoms with Gasteiger partial charge in [-0.2, -0.15) is 5.10 Å². The Bertz CT molecular complexity index is 1040. The fourth-order valence-corrected chi connectivity index (χ4v) is 2.90. The summed E-state index contributed by atoms with van der Waals surface area (Å²) < 4.78 is 1.64. The molecule has 0 saturated heterocycles. The SMILES string of the molecule is CN1C(=O)c2ccc(C(=O)NCc3ccc(-n4cncn4)cc3)cc2C1=O. The van der Waals surface area contributed by atoms with E-state index in [1.54, 1.807) is 17.1 Å². The molecule has 1 N–H and O–H groups in total. The van der Waals surface area contributed by atoms with E-state index >= 15 is 0 Å². The number of fused-ring (bicyclic) bond motifs is 1. The monoisotopic (exact) mass is 361 g/mol. The van der Waals surface area contributed by atoms with Gasteiger partial charge in [-0.1, -0.05) is 12.1 Å². The minimum atomic E-state index is -0.395. The van der Waals surface area contributed by atoms with Crippen LogP contribution in [-0.2, 0) is 6.54 Å². The first kappa shape index (κ1) is 16.6. The molecular weight excluding hydrogens is 346 g/mol. The lowest BCUT2D eigenvalue weighted by Crippen LogP contribution is -2.24. The van der Waals surface area contributed by atoms with Gasteiger partial charge in [0, 0.05) is 19.2 Å². The second kappa shape index (κ2) is 6.49. The van der Waals surface area contributed by atoms with E-state index in [0.29, 0.717) is 17.7 Å². The van der Waals surface area contributed by atoms with Crippen molar-refractivity contribution in [3.63, 3.8) is 0 Å². The maximum Gasteiger partial charge on any atom is 0.261 e. The van der Waals surface area contributed by atoms with Crippen molar-refractivity contribution in [3.05, 3.63) is 77.4 Å². The number of carbonyl (C=O) groups is 3. The van der Waals surface area contributed by atoms with Gasteiger partial charge in [-0.3, -0.25) is 19.3 Å². The molecule has 134 valence electrons. The van der Waals surface area contributed by atoms with Gasteiger partial charge in [0.1, 0.15) is 12.7 Å². The summed E-state index contributed by atoms with van der Waals surface area (Å²) in [5, 5.41) is 6.87. The molecule has 4 rings (SSSR count). The highest BCUT2D eigenvalue weighted by Crippen LogP contribution is 2.22. The molecule has 2 heterocycles. The van der Waals surface area contributed by atoms with Crippen LogP contribution in [0.3, 0.4) is 0 Å². The molecule has 0 unspecified atom stereocenters. The lowest BCUT2D eigenvalue weighted by Gasteiger charge is -2.07. The molecule has 1 aliphatic rings. The van der Waals surface area contributed by atoms with Crippen LogP contribution < -0.4 is 5.32 Å². The summed E-state index contributed by atoms with van der Waals surface area (Å²) in [5.41, 5.74) is 2.70. The third-order valence-corrected chi connectivity index (χ3v) is 4.42. The fourth-order valence-electron chi connectivity index (χ4n) is 2.90. The van der Waals surface area contributed by atoms with Gasteiger partial charge in [0.15, 0.2) is 0 Å². The zero-order valence-electron chi connectivity index (χ0n) is 14.4. The Labute approximate surface area is 154 Å². The Hall–Kier alpha value is -3.81. The number of carbonyl (C=O) groups excluding carboxylic acids is 3. The molecule has 3 amide bonds. The Morgan fingerprint density at radius 1 is 1.04 bits per heavy atom. The zero-order chi connectivity index (χ0) is 19.0. The largest absolute Gasteiger partial charge is 0.348 e. The predicted octanol–water partition coefficient (Wildman–Crippen LogP) is 1.42. The van der Waals surface area contributed by atoms with Crippen LogP contribution in [0, 0.1) is 0 Å². The summed E-state index contributed by atoms with van der Waals surface area (Å²) in [5.74, 6) is -1.06. The molecule has 0 bridgehead atoms. The van der Waals surface area contributed by atoms with Gasteiger partial charge < -0.3 is 5.32 Å². The van der Waals surface area contributed by atoms with E-state index in [0.717, 1.165) is 16.2 Å². The molecule has 3 aromatic rings. The second-order valence-electron chi connectivity index (χ2n) is 6.12. The first-order valence-electron chi connectivity index (χ1n) is 8.23. The van der Waals surface area contributed by atoms with Crippen LogP contribution in [0.2, 0.25) is 0 Å². The molecule has 0 atom stereocenters. The van der Waals surface area contributed by atoms with Gasteiger partial charge >= 0.3 is 0 Å². The van der Waals surface area contributed by atoms with Crippen LogP contribution in [0.15, 0.2) is 55.1 Å². The van der Waals surface area contributed by atoms with Crippen molar-refractivity contribution < 1.29 is 14.4 Å². The number of benzene rings is 2. The quantitative estimate of drug-likeness (QED) is 0.709. The van der Waals surface area contributed by atoms with Crippen molar-refractivity contribution in [2.24, 2.45) is 0 Å². The van der Waals surface area contributed by atoms with Gasteiger partial charge in [0.05, 0.1) is 16.8 Å². The van der Waals surface area contributed by atoms with Crippen LogP contribution in [-0.4, -0.2) is 44.4 Å². The lowest BCUT2D eigenvalue weighted by molar-refractivity contribution is 0.0693. The topological polar surface area (TPSA) is 97.2 Å². The molecule has 8 heteroatoms. The van der Waals surface area contributed by atoms with Gasteiger partial charge in [0.25, 0.3) is 17.7 Å². The molecule has 0 saturated carbocycles. The van der Waals surface area contributed by atoms with Crippen LogP contribution in [0.1, 0.15) is 36.6 Å². The maximum absolute atomic E-state index is 12.4. The minimum Gasteiger partial charge on any atom is -0.348 e. The highest BCUT2D eigenvalue weighted by molar-refractivity contribution is 6.21. The number of hydrogen-bond donors (Lipinski definition) is 1. The Morgan fingerprint density at radius 3 is 2.48 bits per heavy atom. The van der Waals surface area contributed by atoms with E-state index in [-0.39, 0.29) is 17.4 Å². The fraction of sp³-hybridized carbons (Fsp3) is 0.105. The number of nitrogens with one attached hydrogen (secondary N) is 1. The van der Waals surface area contributed by atoms with Crippen molar-refractivity contribution in [1.29, 1.82) is 0 Å². The summed E-state index contributed by atoms with van der Waals surface area (Å²) in [6.07, 6.45) is 3.06. The van der Waals surface area contributed by atoms with E-state index in [9.17, 15) is 14.4 Å². The van der Waals surface area contributed by atoms with Gasteiger partial charge in [-0.15, -0.1) is 0 Å². The number of nitrogens with zero attached hydrogens (tertiary/aromatic N) is 4. The Kier molecular flexibility index (Phi) is 4.00. The van der Waals surface area contributed by atoms with E-state index < -0.39 is 5.91 Å². The normalized spacial score (nSPS) is 13.0. The van der Waals surface area contributed by atoms with Crippen molar-refractivity contribution in [2.45, 2.75) is 6.54 Å². The van der Waals surface area contributed by atoms with Crippen molar-refractivity contribution >= 4 is 17.7 Å². The molecule has 2 aromatic carbocycles. The molecule has 8 nitrogen and oxygen atoms in total. The molecule has 0 spiro atoms. The van der Waals surface area contributed by atoms with Crippen LogP contribution in [0.4, 0.5) is 0 Å². The van der Waals surface area contributed by atoms with E-state index in [4.69, 9.17) is 0 Å². The number of aromatic nitrogens is 3. The molecule has 1 aliphatic heterocycles. The Morgan fingerprint density at radius 2 is 1.78 bits per heavy atom. The molecular formula is C19H15N5O3. The maximum atomic E-state index is 12.4. The Balaban J connectivity index is 1.44. The first-order valence-corrected chi connectivity index (χ1v) is 8.23. The van der Waals surface area contributed by atoms with Crippen LogP contribution in [0.5, 0.6) is 0 Å². The first-order chi connectivity index (χ1) is 13.0. The van der Waals surface area contributed by atoms with E-state index in [1.807, 2.05) is 24.3 Å². The summed E-state index contributed by atoms with van der Waals surface area (Å²) in [4.78, 5) is 41.3. The molecule has 0 radical (unpaired) electrons. The van der Waals surface area contributed by atoms with E-state index in [2.05, 4.69) is 15.4 Å². The van der Waals surface area contributed by atoms with E-state index in [1.165, 1.54) is 25.5 Å². The third-order valence-electron chi connectivity index (χ3n) is 4.42. The smallest absolute Gasteiger partial charge is 0.261 e. The van der Waals surface area contributed by atoms with Gasteiger partial charge in [0.2, 0.25) is 0 Å². The van der Waals surface area contributed by atoms with Crippen molar-refractivity contribution in [2.75, 3.05) is 7.05 Å². The highest BCUT2D eigenvalue weighted by atomic mass is 16.2. The van der Waals surface area contributed by atoms with Crippen molar-refractivity contribution in [3.8, 4) is 5.69 Å². The van der Waals surface area contributed by atoms with Crippen molar-refractivity contribution in [1.82, 2.24) is 25.0 Å². The lowest BCUT2D eigenvalue weighted by atomic mass is 10.1. The summed E-state index contributed by atoms with van der Waals surface area (Å²) >= 11 is 0. The second-order valence-corrected chi connectivity index (χ2v) is 6.12. The summed E-state index contributed by atoms with van der Waals surface area (Å²) in [6, 6.07) is 12.1. The van der Waals surface area contributed by atoms with Crippen LogP contribution >= 0.6 is 0 Å². The van der Waals surface area contributed by atoms with Crippen LogP contribution in [0.25, 0.3) is 5.69 Å². The molecule has 0 fully saturated rings. The van der Waals surface area contributed by atoms with Gasteiger partial charge in [-0.05, 0) is 35.9 Å². The number of rotatable bonds is 4. The summed E-state index contributed by atoms with van der Waals surface area (Å²) in [6.45, 7) is 0.334. The predicted molar refractivity (Wildman–Crippen MR) is 95.4 cm³/mol. The highest BCUT2D eigenvalue weighted by Gasteiger charge is 2.33. The zero-order valence-corrected chi connectivity index (χ0v) is 14.4.